The van der Waals surface area contributed by atoms with E-state index in [9.17, 15) is 5.11 Å². The number of nitrogens with zero attached hydrogens (tertiary/aromatic N) is 1. The molecule has 0 radical (unpaired) electrons. The van der Waals surface area contributed by atoms with Gasteiger partial charge in [0.1, 0.15) is 18.5 Å². The summed E-state index contributed by atoms with van der Waals surface area (Å²) < 4.78 is 10.9. The number of hydrogen-bond donors (Lipinski definition) is 2. The number of fused-ring (bicyclic) bond motifs is 1. The second-order valence-electron chi connectivity index (χ2n) is 4.48. The minimum absolute atomic E-state index is 0.0687. The topological polar surface area (TPSA) is 54.4 Å². The van der Waals surface area contributed by atoms with Crippen LogP contribution in [-0.2, 0) is 0 Å². The number of ether oxygens (including phenoxy) is 1. The second-order valence-corrected chi connectivity index (χ2v) is 5.32. The average molecular weight is 290 g/mol. The number of aliphatic hydroxyl groups is 1. The van der Waals surface area contributed by atoms with E-state index in [2.05, 4.69) is 21.5 Å². The van der Waals surface area contributed by atoms with Gasteiger partial charge in [-0.1, -0.05) is 12.0 Å². The Morgan fingerprint density at radius 1 is 1.50 bits per heavy atom. The van der Waals surface area contributed by atoms with Crippen LogP contribution in [0.1, 0.15) is 13.8 Å². The summed E-state index contributed by atoms with van der Waals surface area (Å²) in [5.74, 6) is 6.57. The highest BCUT2D eigenvalue weighted by molar-refractivity contribution is 7.13. The highest BCUT2D eigenvalue weighted by atomic mass is 32.1. The number of aliphatic hydroxyl groups excluding tert-OH is 1. The van der Waals surface area contributed by atoms with E-state index >= 15 is 0 Å². The van der Waals surface area contributed by atoms with E-state index in [-0.39, 0.29) is 12.6 Å². The van der Waals surface area contributed by atoms with Crippen LogP contribution >= 0.6 is 11.5 Å². The van der Waals surface area contributed by atoms with Gasteiger partial charge >= 0.3 is 0 Å². The molecule has 2 atom stereocenters. The molecule has 1 heterocycles. The highest BCUT2D eigenvalue weighted by Gasteiger charge is 2.09. The number of benzene rings is 1. The molecule has 2 rings (SSSR count). The zero-order valence-electron chi connectivity index (χ0n) is 11.6. The molecule has 5 heteroatoms. The van der Waals surface area contributed by atoms with Crippen molar-refractivity contribution in [2.24, 2.45) is 0 Å². The number of hydrogen-bond acceptors (Lipinski definition) is 5. The Bertz CT molecular complexity index is 615. The molecule has 2 aromatic rings. The molecule has 1 aromatic heterocycles. The van der Waals surface area contributed by atoms with Crippen LogP contribution in [0.15, 0.2) is 24.4 Å². The Hall–Kier alpha value is -1.61. The smallest absolute Gasteiger partial charge is 0.129 e. The zero-order chi connectivity index (χ0) is 14.4. The summed E-state index contributed by atoms with van der Waals surface area (Å²) in [6.45, 7) is 4.46. The van der Waals surface area contributed by atoms with Gasteiger partial charge in [-0.3, -0.25) is 0 Å². The maximum Gasteiger partial charge on any atom is 0.129 e. The average Bonchev–Trinajstić information content (AvgIpc) is 2.92. The van der Waals surface area contributed by atoms with Gasteiger partial charge in [0.05, 0.1) is 22.3 Å². The number of nitrogens with one attached hydrogen (secondary N) is 1. The van der Waals surface area contributed by atoms with Gasteiger partial charge in [-0.2, -0.15) is 4.37 Å². The summed E-state index contributed by atoms with van der Waals surface area (Å²) >= 11 is 1.44. The molecule has 2 unspecified atom stereocenters. The molecule has 2 N–H and O–H groups in total. The fourth-order valence-electron chi connectivity index (χ4n) is 1.82. The first-order chi connectivity index (χ1) is 9.70. The van der Waals surface area contributed by atoms with Crippen LogP contribution in [0.3, 0.4) is 0 Å². The predicted molar refractivity (Wildman–Crippen MR) is 82.0 cm³/mol. The molecule has 0 aliphatic carbocycles. The maximum absolute atomic E-state index is 9.90. The normalized spacial score (nSPS) is 13.6. The first-order valence-electron chi connectivity index (χ1n) is 6.50. The molecular formula is C15H18N2O2S. The molecule has 106 valence electrons. The summed E-state index contributed by atoms with van der Waals surface area (Å²) in [5.41, 5.74) is 0. The van der Waals surface area contributed by atoms with Crippen molar-refractivity contribution in [1.82, 2.24) is 9.69 Å². The fourth-order valence-corrected chi connectivity index (χ4v) is 2.48. The van der Waals surface area contributed by atoms with Crippen LogP contribution in [0.4, 0.5) is 0 Å². The Kier molecular flexibility index (Phi) is 5.36. The van der Waals surface area contributed by atoms with E-state index in [1.807, 2.05) is 25.1 Å². The Morgan fingerprint density at radius 2 is 2.35 bits per heavy atom. The van der Waals surface area contributed by atoms with Crippen molar-refractivity contribution in [2.45, 2.75) is 26.0 Å². The Balaban J connectivity index is 1.85. The van der Waals surface area contributed by atoms with Gasteiger partial charge in [0.25, 0.3) is 0 Å². The molecule has 0 aliphatic rings. The monoisotopic (exact) mass is 290 g/mol. The first kappa shape index (κ1) is 14.8. The van der Waals surface area contributed by atoms with Gasteiger partial charge in [-0.25, -0.2) is 0 Å². The van der Waals surface area contributed by atoms with Gasteiger partial charge in [-0.05, 0) is 37.5 Å². The Morgan fingerprint density at radius 3 is 3.15 bits per heavy atom. The van der Waals surface area contributed by atoms with Crippen molar-refractivity contribution in [3.05, 3.63) is 24.4 Å². The first-order valence-corrected chi connectivity index (χ1v) is 7.28. The summed E-state index contributed by atoms with van der Waals surface area (Å²) in [6, 6.07) is 5.89. The van der Waals surface area contributed by atoms with Gasteiger partial charge in [0, 0.05) is 6.54 Å². The van der Waals surface area contributed by atoms with E-state index in [0.717, 1.165) is 15.8 Å². The predicted octanol–water partition coefficient (Wildman–Crippen LogP) is 2.04. The van der Waals surface area contributed by atoms with Crippen LogP contribution in [0.5, 0.6) is 5.75 Å². The number of aromatic nitrogens is 1. The van der Waals surface area contributed by atoms with Gasteiger partial charge < -0.3 is 15.2 Å². The highest BCUT2D eigenvalue weighted by Crippen LogP contribution is 2.27. The zero-order valence-corrected chi connectivity index (χ0v) is 12.4. The van der Waals surface area contributed by atoms with E-state index in [0.29, 0.717) is 6.54 Å². The molecule has 0 saturated carbocycles. The quantitative estimate of drug-likeness (QED) is 0.799. The fraction of sp³-hybridized carbons (Fsp3) is 0.400. The molecule has 0 fully saturated rings. The van der Waals surface area contributed by atoms with Crippen LogP contribution < -0.4 is 10.1 Å². The molecule has 0 saturated heterocycles. The second kappa shape index (κ2) is 7.25. The third kappa shape index (κ3) is 3.94. The van der Waals surface area contributed by atoms with E-state index < -0.39 is 6.10 Å². The summed E-state index contributed by atoms with van der Waals surface area (Å²) in [6.07, 6.45) is 1.22. The van der Waals surface area contributed by atoms with Crippen molar-refractivity contribution in [3.8, 4) is 17.6 Å². The number of rotatable bonds is 6. The lowest BCUT2D eigenvalue weighted by molar-refractivity contribution is 0.106. The molecule has 0 bridgehead atoms. The third-order valence-electron chi connectivity index (χ3n) is 2.81. The lowest BCUT2D eigenvalue weighted by atomic mass is 10.2. The molecule has 1 aromatic carbocycles. The molecule has 0 aliphatic heterocycles. The van der Waals surface area contributed by atoms with Crippen molar-refractivity contribution in [2.75, 3.05) is 13.2 Å². The standard InChI is InChI=1S/C15H18N2O2S/c1-3-5-11(2)16-8-12(18)10-19-14-6-4-7-15-13(14)9-17-20-15/h4,6-7,9,11-12,16,18H,8,10H2,1-2H3. The minimum atomic E-state index is -0.571. The van der Waals surface area contributed by atoms with Crippen molar-refractivity contribution in [3.63, 3.8) is 0 Å². The summed E-state index contributed by atoms with van der Waals surface area (Å²) in [4.78, 5) is 0. The summed E-state index contributed by atoms with van der Waals surface area (Å²) in [5, 5.41) is 14.0. The molecule has 4 nitrogen and oxygen atoms in total. The van der Waals surface area contributed by atoms with Crippen LogP contribution in [0, 0.1) is 11.8 Å². The van der Waals surface area contributed by atoms with Gasteiger partial charge in [-0.15, -0.1) is 5.92 Å². The largest absolute Gasteiger partial charge is 0.490 e. The lowest BCUT2D eigenvalue weighted by Crippen LogP contribution is -2.35. The van der Waals surface area contributed by atoms with E-state index in [1.54, 1.807) is 13.1 Å². The SMILES string of the molecule is CC#CC(C)NCC(O)COc1cccc2sncc12. The molecular weight excluding hydrogens is 272 g/mol. The maximum atomic E-state index is 9.90. The van der Waals surface area contributed by atoms with Crippen molar-refractivity contribution >= 4 is 21.6 Å². The third-order valence-corrected chi connectivity index (χ3v) is 3.57. The molecule has 0 amide bonds. The van der Waals surface area contributed by atoms with Gasteiger partial charge in [0.2, 0.25) is 0 Å². The van der Waals surface area contributed by atoms with Crippen molar-refractivity contribution < 1.29 is 9.84 Å². The lowest BCUT2D eigenvalue weighted by Gasteiger charge is -2.15. The van der Waals surface area contributed by atoms with Crippen LogP contribution in [0.25, 0.3) is 10.1 Å². The van der Waals surface area contributed by atoms with E-state index in [4.69, 9.17) is 4.74 Å². The summed E-state index contributed by atoms with van der Waals surface area (Å²) in [7, 11) is 0. The van der Waals surface area contributed by atoms with Crippen LogP contribution in [-0.4, -0.2) is 34.8 Å². The van der Waals surface area contributed by atoms with Crippen molar-refractivity contribution in [1.29, 1.82) is 0 Å². The van der Waals surface area contributed by atoms with Crippen LogP contribution in [0.2, 0.25) is 0 Å². The molecule has 0 spiro atoms. The Labute approximate surface area is 122 Å². The molecule has 20 heavy (non-hydrogen) atoms. The van der Waals surface area contributed by atoms with Gasteiger partial charge in [0.15, 0.2) is 0 Å². The minimum Gasteiger partial charge on any atom is -0.490 e. The van der Waals surface area contributed by atoms with E-state index in [1.165, 1.54) is 11.5 Å².